The van der Waals surface area contributed by atoms with Crippen LogP contribution in [-0.4, -0.2) is 17.6 Å². The van der Waals surface area contributed by atoms with Crippen LogP contribution in [0.5, 0.6) is 0 Å². The Kier molecular flexibility index (Phi) is 3.97. The Hall–Kier alpha value is -0.900. The van der Waals surface area contributed by atoms with E-state index in [0.717, 1.165) is 35.8 Å². The summed E-state index contributed by atoms with van der Waals surface area (Å²) < 4.78 is 5.52. The molecule has 0 unspecified atom stereocenters. The molecule has 5 rings (SSSR count). The van der Waals surface area contributed by atoms with Crippen molar-refractivity contribution in [3.05, 3.63) is 16.1 Å². The zero-order chi connectivity index (χ0) is 15.1. The largest absolute Gasteiger partial charge is 0.465 e. The lowest BCUT2D eigenvalue weighted by Gasteiger charge is -2.54. The van der Waals surface area contributed by atoms with Crippen molar-refractivity contribution in [1.29, 1.82) is 0 Å². The fraction of sp³-hybridized carbons (Fsp3) is 0.778. The molecule has 0 N–H and O–H groups in total. The fourth-order valence-electron chi connectivity index (χ4n) is 5.45. The summed E-state index contributed by atoms with van der Waals surface area (Å²) in [6.07, 6.45) is 8.46. The number of hydrogen-bond donors (Lipinski definition) is 0. The zero-order valence-electron chi connectivity index (χ0n) is 13.3. The van der Waals surface area contributed by atoms with Crippen molar-refractivity contribution < 1.29 is 9.53 Å². The second-order valence-corrected chi connectivity index (χ2v) is 8.57. The van der Waals surface area contributed by atoms with Gasteiger partial charge in [0.15, 0.2) is 0 Å². The van der Waals surface area contributed by atoms with Gasteiger partial charge in [0.05, 0.1) is 17.8 Å². The Bertz CT molecular complexity index is 525. The highest BCUT2D eigenvalue weighted by molar-refractivity contribution is 7.09. The van der Waals surface area contributed by atoms with Gasteiger partial charge in [-0.2, -0.15) is 0 Å². The average Bonchev–Trinajstić information content (AvgIpc) is 2.88. The predicted octanol–water partition coefficient (Wildman–Crippen LogP) is 4.00. The number of rotatable bonds is 5. The minimum Gasteiger partial charge on any atom is -0.465 e. The van der Waals surface area contributed by atoms with Crippen molar-refractivity contribution in [2.45, 2.75) is 51.9 Å². The van der Waals surface area contributed by atoms with E-state index in [1.807, 2.05) is 12.4 Å². The summed E-state index contributed by atoms with van der Waals surface area (Å²) in [6.45, 7) is 2.53. The smallest absolute Gasteiger partial charge is 0.306 e. The van der Waals surface area contributed by atoms with E-state index in [1.54, 1.807) is 11.3 Å². The first kappa shape index (κ1) is 14.7. The van der Waals surface area contributed by atoms with Crippen molar-refractivity contribution in [3.8, 4) is 0 Å². The number of aromatic nitrogens is 1. The second-order valence-electron chi connectivity index (χ2n) is 7.63. The molecule has 0 saturated heterocycles. The first-order valence-corrected chi connectivity index (χ1v) is 9.61. The molecule has 1 aromatic rings. The summed E-state index contributed by atoms with van der Waals surface area (Å²) in [6, 6.07) is 0. The third-order valence-corrected chi connectivity index (χ3v) is 7.26. The lowest BCUT2D eigenvalue weighted by molar-refractivity contribution is -0.148. The molecular formula is C18H25NO2S. The van der Waals surface area contributed by atoms with Crippen molar-refractivity contribution in [3.63, 3.8) is 0 Å². The average molecular weight is 319 g/mol. The summed E-state index contributed by atoms with van der Waals surface area (Å²) in [5.41, 5.74) is 2.93. The molecule has 0 aliphatic heterocycles. The van der Waals surface area contributed by atoms with Gasteiger partial charge in [0.1, 0.15) is 0 Å². The first-order valence-electron chi connectivity index (χ1n) is 8.73. The second kappa shape index (κ2) is 5.95. The molecule has 1 aromatic heterocycles. The molecule has 0 radical (unpaired) electrons. The maximum absolute atomic E-state index is 12.2. The van der Waals surface area contributed by atoms with Gasteiger partial charge in [-0.15, -0.1) is 11.3 Å². The minimum absolute atomic E-state index is 0.0274. The molecule has 4 heteroatoms. The normalized spacial score (nSPS) is 35.8. The molecule has 0 spiro atoms. The van der Waals surface area contributed by atoms with Gasteiger partial charge in [-0.1, -0.05) is 0 Å². The number of esters is 1. The van der Waals surface area contributed by atoms with Crippen molar-refractivity contribution in [1.82, 2.24) is 4.98 Å². The lowest BCUT2D eigenvalue weighted by Crippen LogP contribution is -2.45. The summed E-state index contributed by atoms with van der Waals surface area (Å²) >= 11 is 1.65. The predicted molar refractivity (Wildman–Crippen MR) is 86.7 cm³/mol. The van der Waals surface area contributed by atoms with Gasteiger partial charge >= 0.3 is 5.97 Å². The van der Waals surface area contributed by atoms with Crippen LogP contribution in [0.25, 0.3) is 0 Å². The number of carbonyl (C=O) groups is 1. The zero-order valence-corrected chi connectivity index (χ0v) is 14.1. The third kappa shape index (κ3) is 2.82. The van der Waals surface area contributed by atoms with Gasteiger partial charge in [0.2, 0.25) is 0 Å². The summed E-state index contributed by atoms with van der Waals surface area (Å²) in [4.78, 5) is 17.7. The minimum atomic E-state index is 0.0274. The number of thiazole rings is 1. The molecule has 0 atom stereocenters. The first-order chi connectivity index (χ1) is 10.7. The molecular weight excluding hydrogens is 294 g/mol. The van der Waals surface area contributed by atoms with E-state index in [0.29, 0.717) is 18.9 Å². The molecule has 4 aliphatic carbocycles. The van der Waals surface area contributed by atoms with Crippen LogP contribution in [0.15, 0.2) is 5.51 Å². The Morgan fingerprint density at radius 3 is 2.50 bits per heavy atom. The van der Waals surface area contributed by atoms with Crippen molar-refractivity contribution in [2.75, 3.05) is 6.61 Å². The number of aryl methyl sites for hydroxylation is 1. The molecule has 1 heterocycles. The monoisotopic (exact) mass is 319 g/mol. The van der Waals surface area contributed by atoms with E-state index in [4.69, 9.17) is 4.74 Å². The molecule has 4 saturated carbocycles. The summed E-state index contributed by atoms with van der Waals surface area (Å²) in [5.74, 6) is 4.22. The molecule has 4 bridgehead atoms. The van der Waals surface area contributed by atoms with Gasteiger partial charge in [-0.25, -0.2) is 4.98 Å². The molecule has 4 aliphatic rings. The van der Waals surface area contributed by atoms with Gasteiger partial charge in [0.25, 0.3) is 0 Å². The quantitative estimate of drug-likeness (QED) is 0.770. The number of hydrogen-bond acceptors (Lipinski definition) is 4. The van der Waals surface area contributed by atoms with Crippen LogP contribution in [0, 0.1) is 36.5 Å². The molecule has 3 nitrogen and oxygen atoms in total. The van der Waals surface area contributed by atoms with Crippen LogP contribution >= 0.6 is 11.3 Å². The standard InChI is InChI=1S/C18H25NO2S/c1-11-17(22-10-19-11)2-3-21-18(20)9-16-14-5-12-4-13(7-14)8-15(16)6-12/h10,12-16H,2-9H2,1H3. The van der Waals surface area contributed by atoms with E-state index in [-0.39, 0.29) is 5.97 Å². The Morgan fingerprint density at radius 2 is 1.91 bits per heavy atom. The van der Waals surface area contributed by atoms with Crippen LogP contribution < -0.4 is 0 Å². The van der Waals surface area contributed by atoms with E-state index in [9.17, 15) is 4.79 Å². The molecule has 0 aromatic carbocycles. The van der Waals surface area contributed by atoms with Gasteiger partial charge in [-0.05, 0) is 68.6 Å². The van der Waals surface area contributed by atoms with Crippen LogP contribution in [0.4, 0.5) is 0 Å². The Morgan fingerprint density at radius 1 is 1.23 bits per heavy atom. The van der Waals surface area contributed by atoms with E-state index < -0.39 is 0 Å². The maximum Gasteiger partial charge on any atom is 0.306 e. The molecule has 22 heavy (non-hydrogen) atoms. The van der Waals surface area contributed by atoms with Gasteiger partial charge < -0.3 is 4.74 Å². The van der Waals surface area contributed by atoms with Crippen LogP contribution in [0.1, 0.15) is 49.1 Å². The summed E-state index contributed by atoms with van der Waals surface area (Å²) in [7, 11) is 0. The van der Waals surface area contributed by atoms with E-state index >= 15 is 0 Å². The number of nitrogens with zero attached hydrogens (tertiary/aromatic N) is 1. The topological polar surface area (TPSA) is 39.2 Å². The SMILES string of the molecule is Cc1ncsc1CCOC(=O)CC1C2CC3CC(C2)CC1C3. The number of ether oxygens (including phenoxy) is 1. The van der Waals surface area contributed by atoms with Gasteiger partial charge in [0, 0.05) is 17.7 Å². The highest BCUT2D eigenvalue weighted by Gasteiger charge is 2.48. The lowest BCUT2D eigenvalue weighted by atomic mass is 9.51. The number of carbonyl (C=O) groups excluding carboxylic acids is 1. The third-order valence-electron chi connectivity index (χ3n) is 6.26. The van der Waals surface area contributed by atoms with Crippen LogP contribution in [0.2, 0.25) is 0 Å². The van der Waals surface area contributed by atoms with Crippen molar-refractivity contribution >= 4 is 17.3 Å². The van der Waals surface area contributed by atoms with Gasteiger partial charge in [-0.3, -0.25) is 4.79 Å². The van der Waals surface area contributed by atoms with Crippen molar-refractivity contribution in [2.24, 2.45) is 29.6 Å². The highest BCUT2D eigenvalue weighted by atomic mass is 32.1. The Labute approximate surface area is 136 Å². The van der Waals surface area contributed by atoms with E-state index in [2.05, 4.69) is 4.98 Å². The Balaban J connectivity index is 1.27. The fourth-order valence-corrected chi connectivity index (χ4v) is 6.21. The maximum atomic E-state index is 12.2. The van der Waals surface area contributed by atoms with Crippen LogP contribution in [-0.2, 0) is 16.0 Å². The van der Waals surface area contributed by atoms with Crippen LogP contribution in [0.3, 0.4) is 0 Å². The van der Waals surface area contributed by atoms with E-state index in [1.165, 1.54) is 37.0 Å². The molecule has 120 valence electrons. The molecule has 4 fully saturated rings. The highest BCUT2D eigenvalue weighted by Crippen LogP contribution is 2.57. The molecule has 0 amide bonds. The summed E-state index contributed by atoms with van der Waals surface area (Å²) in [5, 5.41) is 0.